The Balaban J connectivity index is 1.83. The van der Waals surface area contributed by atoms with Crippen LogP contribution in [0.4, 0.5) is 0 Å². The van der Waals surface area contributed by atoms with Crippen LogP contribution in [-0.2, 0) is 4.79 Å². The molecular weight excluding hydrogens is 252 g/mol. The van der Waals surface area contributed by atoms with Crippen molar-refractivity contribution in [2.24, 2.45) is 5.10 Å². The number of carbonyl (C=O) groups excluding carboxylic acids is 1. The third kappa shape index (κ3) is 4.24. The Labute approximate surface area is 118 Å². The van der Waals surface area contributed by atoms with Crippen LogP contribution >= 0.6 is 0 Å². The van der Waals surface area contributed by atoms with Gasteiger partial charge in [-0.15, -0.1) is 0 Å². The number of rotatable bonds is 5. The number of ether oxygens (including phenoxy) is 1. The molecule has 102 valence electrons. The van der Waals surface area contributed by atoms with Gasteiger partial charge in [-0.05, 0) is 24.6 Å². The van der Waals surface area contributed by atoms with Gasteiger partial charge in [0, 0.05) is 0 Å². The van der Waals surface area contributed by atoms with E-state index in [9.17, 15) is 4.79 Å². The first kappa shape index (κ1) is 13.8. The minimum absolute atomic E-state index is 0.0599. The summed E-state index contributed by atoms with van der Waals surface area (Å²) in [6.07, 6.45) is 0. The number of hydrazone groups is 1. The van der Waals surface area contributed by atoms with Gasteiger partial charge in [0.2, 0.25) is 0 Å². The average molecular weight is 268 g/mol. The van der Waals surface area contributed by atoms with Crippen molar-refractivity contribution in [1.29, 1.82) is 0 Å². The highest BCUT2D eigenvalue weighted by Gasteiger charge is 2.02. The van der Waals surface area contributed by atoms with Gasteiger partial charge in [-0.1, -0.05) is 48.5 Å². The van der Waals surface area contributed by atoms with Crippen LogP contribution in [0.1, 0.15) is 12.5 Å². The molecule has 4 nitrogen and oxygen atoms in total. The molecule has 0 bridgehead atoms. The molecule has 0 atom stereocenters. The predicted molar refractivity (Wildman–Crippen MR) is 78.7 cm³/mol. The van der Waals surface area contributed by atoms with Gasteiger partial charge in [0.15, 0.2) is 6.61 Å². The number of nitrogens with zero attached hydrogens (tertiary/aromatic N) is 1. The molecule has 0 fully saturated rings. The van der Waals surface area contributed by atoms with E-state index in [2.05, 4.69) is 10.5 Å². The zero-order valence-corrected chi connectivity index (χ0v) is 11.2. The van der Waals surface area contributed by atoms with E-state index < -0.39 is 0 Å². The maximum Gasteiger partial charge on any atom is 0.277 e. The first-order chi connectivity index (χ1) is 9.75. The molecule has 1 N–H and O–H groups in total. The van der Waals surface area contributed by atoms with Gasteiger partial charge in [0.1, 0.15) is 5.75 Å². The zero-order valence-electron chi connectivity index (χ0n) is 11.2. The highest BCUT2D eigenvalue weighted by atomic mass is 16.5. The quantitative estimate of drug-likeness (QED) is 0.669. The minimum atomic E-state index is -0.288. The lowest BCUT2D eigenvalue weighted by molar-refractivity contribution is -0.123. The summed E-state index contributed by atoms with van der Waals surface area (Å²) in [6.45, 7) is 1.78. The highest BCUT2D eigenvalue weighted by Crippen LogP contribution is 2.07. The van der Waals surface area contributed by atoms with E-state index in [0.29, 0.717) is 5.75 Å². The van der Waals surface area contributed by atoms with E-state index in [-0.39, 0.29) is 12.5 Å². The van der Waals surface area contributed by atoms with Crippen LogP contribution in [0.2, 0.25) is 0 Å². The molecule has 2 aromatic rings. The first-order valence-corrected chi connectivity index (χ1v) is 6.32. The van der Waals surface area contributed by atoms with Gasteiger partial charge in [-0.25, -0.2) is 5.43 Å². The lowest BCUT2D eigenvalue weighted by Crippen LogP contribution is -2.25. The van der Waals surface area contributed by atoms with Crippen LogP contribution in [0.15, 0.2) is 65.8 Å². The summed E-state index contributed by atoms with van der Waals surface area (Å²) in [5, 5.41) is 4.04. The van der Waals surface area contributed by atoms with Crippen molar-refractivity contribution in [3.63, 3.8) is 0 Å². The van der Waals surface area contributed by atoms with Crippen LogP contribution in [0.25, 0.3) is 0 Å². The van der Waals surface area contributed by atoms with Gasteiger partial charge in [-0.3, -0.25) is 4.79 Å². The van der Waals surface area contributed by atoms with Crippen LogP contribution in [0.5, 0.6) is 5.75 Å². The SMILES string of the molecule is CC(=NNC(=O)COc1ccccc1)c1ccccc1. The molecule has 0 saturated carbocycles. The summed E-state index contributed by atoms with van der Waals surface area (Å²) in [6, 6.07) is 18.8. The van der Waals surface area contributed by atoms with E-state index in [4.69, 9.17) is 4.74 Å². The van der Waals surface area contributed by atoms with Gasteiger partial charge in [0.05, 0.1) is 5.71 Å². The van der Waals surface area contributed by atoms with Crippen molar-refractivity contribution in [1.82, 2.24) is 5.43 Å². The third-order valence-corrected chi connectivity index (χ3v) is 2.65. The van der Waals surface area contributed by atoms with Crippen molar-refractivity contribution >= 4 is 11.6 Å². The lowest BCUT2D eigenvalue weighted by atomic mass is 10.1. The molecule has 0 aliphatic heterocycles. The maximum absolute atomic E-state index is 11.6. The molecule has 0 saturated heterocycles. The van der Waals surface area contributed by atoms with Crippen molar-refractivity contribution in [2.75, 3.05) is 6.61 Å². The molecular formula is C16H16N2O2. The van der Waals surface area contributed by atoms with Gasteiger partial charge >= 0.3 is 0 Å². The topological polar surface area (TPSA) is 50.7 Å². The molecule has 1 amide bonds. The Morgan fingerprint density at radius 2 is 1.65 bits per heavy atom. The smallest absolute Gasteiger partial charge is 0.277 e. The number of hydrogen-bond acceptors (Lipinski definition) is 3. The van der Waals surface area contributed by atoms with E-state index in [1.165, 1.54) is 0 Å². The molecule has 0 aliphatic rings. The van der Waals surface area contributed by atoms with Crippen LogP contribution in [0, 0.1) is 0 Å². The van der Waals surface area contributed by atoms with Gasteiger partial charge in [0.25, 0.3) is 5.91 Å². The molecule has 20 heavy (non-hydrogen) atoms. The fourth-order valence-electron chi connectivity index (χ4n) is 1.59. The summed E-state index contributed by atoms with van der Waals surface area (Å²) in [4.78, 5) is 11.6. The Bertz CT molecular complexity index is 580. The van der Waals surface area contributed by atoms with Crippen LogP contribution in [-0.4, -0.2) is 18.2 Å². The number of nitrogens with one attached hydrogen (secondary N) is 1. The minimum Gasteiger partial charge on any atom is -0.484 e. The second-order valence-electron chi connectivity index (χ2n) is 4.20. The standard InChI is InChI=1S/C16H16N2O2/c1-13(14-8-4-2-5-9-14)17-18-16(19)12-20-15-10-6-3-7-11-15/h2-11H,12H2,1H3,(H,18,19). The average Bonchev–Trinajstić information content (AvgIpc) is 2.52. The number of para-hydroxylation sites is 1. The summed E-state index contributed by atoms with van der Waals surface area (Å²) < 4.78 is 5.32. The van der Waals surface area contributed by atoms with E-state index in [1.54, 1.807) is 12.1 Å². The highest BCUT2D eigenvalue weighted by molar-refractivity contribution is 5.99. The van der Waals surface area contributed by atoms with Crippen molar-refractivity contribution < 1.29 is 9.53 Å². The zero-order chi connectivity index (χ0) is 14.2. The monoisotopic (exact) mass is 268 g/mol. The second kappa shape index (κ2) is 7.09. The van der Waals surface area contributed by atoms with E-state index in [0.717, 1.165) is 11.3 Å². The molecule has 2 aromatic carbocycles. The van der Waals surface area contributed by atoms with E-state index >= 15 is 0 Å². The summed E-state index contributed by atoms with van der Waals surface area (Å²) in [5.74, 6) is 0.371. The van der Waals surface area contributed by atoms with Crippen LogP contribution < -0.4 is 10.2 Å². The second-order valence-corrected chi connectivity index (χ2v) is 4.20. The van der Waals surface area contributed by atoms with Crippen molar-refractivity contribution in [2.45, 2.75) is 6.92 Å². The molecule has 0 spiro atoms. The molecule has 0 unspecified atom stereocenters. The van der Waals surface area contributed by atoms with Crippen molar-refractivity contribution in [3.8, 4) is 5.75 Å². The van der Waals surface area contributed by atoms with Gasteiger partial charge < -0.3 is 4.74 Å². The molecule has 0 aliphatic carbocycles. The normalized spacial score (nSPS) is 10.9. The number of amides is 1. The summed E-state index contributed by atoms with van der Waals surface area (Å²) in [5.41, 5.74) is 4.19. The Morgan fingerprint density at radius 1 is 1.05 bits per heavy atom. The summed E-state index contributed by atoms with van der Waals surface area (Å²) >= 11 is 0. The molecule has 0 radical (unpaired) electrons. The molecule has 0 heterocycles. The fourth-order valence-corrected chi connectivity index (χ4v) is 1.59. The van der Waals surface area contributed by atoms with Crippen LogP contribution in [0.3, 0.4) is 0 Å². The van der Waals surface area contributed by atoms with Crippen molar-refractivity contribution in [3.05, 3.63) is 66.2 Å². The largest absolute Gasteiger partial charge is 0.484 e. The number of hydrogen-bond donors (Lipinski definition) is 1. The molecule has 0 aromatic heterocycles. The summed E-state index contributed by atoms with van der Waals surface area (Å²) in [7, 11) is 0. The molecule has 2 rings (SSSR count). The fraction of sp³-hybridized carbons (Fsp3) is 0.125. The Morgan fingerprint density at radius 3 is 2.30 bits per heavy atom. The van der Waals surface area contributed by atoms with E-state index in [1.807, 2.05) is 55.5 Å². The lowest BCUT2D eigenvalue weighted by Gasteiger charge is -2.05. The molecule has 4 heteroatoms. The third-order valence-electron chi connectivity index (χ3n) is 2.65. The first-order valence-electron chi connectivity index (χ1n) is 6.32. The number of carbonyl (C=O) groups is 1. The predicted octanol–water partition coefficient (Wildman–Crippen LogP) is 2.61. The Hall–Kier alpha value is -2.62. The number of benzene rings is 2. The van der Waals surface area contributed by atoms with Gasteiger partial charge in [-0.2, -0.15) is 5.10 Å². The maximum atomic E-state index is 11.6. The Kier molecular flexibility index (Phi) is 4.89.